The van der Waals surface area contributed by atoms with Crippen LogP contribution in [0, 0.1) is 6.92 Å². The summed E-state index contributed by atoms with van der Waals surface area (Å²) in [7, 11) is 1.51. The lowest BCUT2D eigenvalue weighted by atomic mass is 9.90. The predicted octanol–water partition coefficient (Wildman–Crippen LogP) is 2.83. The van der Waals surface area contributed by atoms with Crippen molar-refractivity contribution in [1.29, 1.82) is 0 Å². The van der Waals surface area contributed by atoms with Gasteiger partial charge in [-0.25, -0.2) is 0 Å². The Morgan fingerprint density at radius 2 is 1.81 bits per heavy atom. The Kier molecular flexibility index (Phi) is 3.24. The Morgan fingerprint density at radius 3 is 2.19 bits per heavy atom. The van der Waals surface area contributed by atoms with Crippen molar-refractivity contribution < 1.29 is 13.5 Å². The molecule has 1 rings (SSSR count). The van der Waals surface area contributed by atoms with Crippen LogP contribution in [-0.2, 0) is 5.92 Å². The highest BCUT2D eigenvalue weighted by atomic mass is 19.3. The van der Waals surface area contributed by atoms with Gasteiger partial charge < -0.3 is 10.5 Å². The molecule has 4 heteroatoms. The second-order valence-electron chi connectivity index (χ2n) is 4.48. The lowest BCUT2D eigenvalue weighted by Crippen LogP contribution is -2.48. The number of halogens is 2. The third kappa shape index (κ3) is 2.16. The minimum Gasteiger partial charge on any atom is -0.496 e. The van der Waals surface area contributed by atoms with E-state index >= 15 is 0 Å². The van der Waals surface area contributed by atoms with E-state index in [0.717, 1.165) is 0 Å². The van der Waals surface area contributed by atoms with Crippen LogP contribution < -0.4 is 10.5 Å². The molecule has 0 atom stereocenters. The molecular formula is C12H17F2NO. The second kappa shape index (κ2) is 4.01. The van der Waals surface area contributed by atoms with Gasteiger partial charge in [-0.15, -0.1) is 0 Å². The zero-order valence-corrected chi connectivity index (χ0v) is 9.97. The zero-order valence-electron chi connectivity index (χ0n) is 9.97. The van der Waals surface area contributed by atoms with Crippen molar-refractivity contribution in [3.8, 4) is 5.75 Å². The van der Waals surface area contributed by atoms with Gasteiger partial charge in [-0.05, 0) is 44.5 Å². The van der Waals surface area contributed by atoms with Gasteiger partial charge in [-0.3, -0.25) is 0 Å². The number of alkyl halides is 2. The van der Waals surface area contributed by atoms with Gasteiger partial charge in [0, 0.05) is 5.56 Å². The number of hydrogen-bond donors (Lipinski definition) is 1. The Hall–Kier alpha value is -1.16. The van der Waals surface area contributed by atoms with Gasteiger partial charge in [0.15, 0.2) is 0 Å². The summed E-state index contributed by atoms with van der Waals surface area (Å²) in [5.74, 6) is -2.47. The molecule has 0 saturated heterocycles. The lowest BCUT2D eigenvalue weighted by Gasteiger charge is -2.30. The van der Waals surface area contributed by atoms with Crippen molar-refractivity contribution in [2.45, 2.75) is 32.2 Å². The van der Waals surface area contributed by atoms with Gasteiger partial charge in [0.2, 0.25) is 0 Å². The Morgan fingerprint density at radius 1 is 1.25 bits per heavy atom. The first-order valence-electron chi connectivity index (χ1n) is 5.02. The molecule has 0 aromatic heterocycles. The maximum atomic E-state index is 13.9. The summed E-state index contributed by atoms with van der Waals surface area (Å²) >= 11 is 0. The molecule has 0 unspecified atom stereocenters. The van der Waals surface area contributed by atoms with E-state index in [1.54, 1.807) is 6.92 Å². The normalized spacial score (nSPS) is 12.7. The number of nitrogens with two attached hydrogens (primary N) is 1. The molecule has 0 fully saturated rings. The molecule has 0 aliphatic carbocycles. The number of aryl methyl sites for hydroxylation is 1. The molecule has 0 saturated carbocycles. The van der Waals surface area contributed by atoms with Crippen molar-refractivity contribution >= 4 is 0 Å². The van der Waals surface area contributed by atoms with Crippen molar-refractivity contribution in [2.75, 3.05) is 7.11 Å². The molecule has 0 aliphatic heterocycles. The van der Waals surface area contributed by atoms with E-state index in [1.807, 2.05) is 0 Å². The van der Waals surface area contributed by atoms with Crippen molar-refractivity contribution in [3.05, 3.63) is 29.3 Å². The molecular weight excluding hydrogens is 212 g/mol. The average molecular weight is 229 g/mol. The predicted molar refractivity (Wildman–Crippen MR) is 59.9 cm³/mol. The third-order valence-electron chi connectivity index (χ3n) is 2.57. The summed E-state index contributed by atoms with van der Waals surface area (Å²) in [6.07, 6.45) is 0. The summed E-state index contributed by atoms with van der Waals surface area (Å²) in [4.78, 5) is 0. The van der Waals surface area contributed by atoms with Crippen LogP contribution in [0.3, 0.4) is 0 Å². The zero-order chi connectivity index (χ0) is 12.6. The van der Waals surface area contributed by atoms with E-state index in [4.69, 9.17) is 10.5 Å². The van der Waals surface area contributed by atoms with Crippen molar-refractivity contribution in [3.63, 3.8) is 0 Å². The van der Waals surface area contributed by atoms with Gasteiger partial charge in [0.05, 0.1) is 12.6 Å². The lowest BCUT2D eigenvalue weighted by molar-refractivity contribution is -0.0673. The van der Waals surface area contributed by atoms with E-state index in [1.165, 1.54) is 39.2 Å². The van der Waals surface area contributed by atoms with Gasteiger partial charge >= 0.3 is 0 Å². The Bertz CT molecular complexity index is 383. The van der Waals surface area contributed by atoms with Crippen LogP contribution in [0.4, 0.5) is 8.78 Å². The summed E-state index contributed by atoms with van der Waals surface area (Å²) in [6, 6.07) is 4.29. The van der Waals surface area contributed by atoms with E-state index in [0.29, 0.717) is 11.3 Å². The summed E-state index contributed by atoms with van der Waals surface area (Å²) in [5, 5.41) is 0. The first-order valence-corrected chi connectivity index (χ1v) is 5.02. The molecule has 0 amide bonds. The minimum absolute atomic E-state index is 0.0849. The quantitative estimate of drug-likeness (QED) is 0.865. The highest BCUT2D eigenvalue weighted by Gasteiger charge is 2.45. The van der Waals surface area contributed by atoms with Crippen LogP contribution in [0.25, 0.3) is 0 Å². The molecule has 2 nitrogen and oxygen atoms in total. The fourth-order valence-corrected chi connectivity index (χ4v) is 1.45. The molecule has 90 valence electrons. The topological polar surface area (TPSA) is 35.2 Å². The van der Waals surface area contributed by atoms with Gasteiger partial charge in [0.25, 0.3) is 5.92 Å². The maximum absolute atomic E-state index is 13.9. The van der Waals surface area contributed by atoms with Gasteiger partial charge in [-0.2, -0.15) is 8.78 Å². The fourth-order valence-electron chi connectivity index (χ4n) is 1.45. The second-order valence-corrected chi connectivity index (χ2v) is 4.48. The smallest absolute Gasteiger partial charge is 0.290 e. The van der Waals surface area contributed by atoms with Crippen molar-refractivity contribution in [2.24, 2.45) is 5.73 Å². The van der Waals surface area contributed by atoms with Crippen molar-refractivity contribution in [1.82, 2.24) is 0 Å². The number of benzene rings is 1. The molecule has 0 radical (unpaired) electrons. The average Bonchev–Trinajstić information content (AvgIpc) is 2.15. The fraction of sp³-hybridized carbons (Fsp3) is 0.500. The van der Waals surface area contributed by atoms with Crippen LogP contribution >= 0.6 is 0 Å². The Balaban J connectivity index is 3.20. The highest BCUT2D eigenvalue weighted by molar-refractivity contribution is 5.38. The SMILES string of the molecule is COc1ccc(C(F)(F)C(C)(C)N)cc1C. The van der Waals surface area contributed by atoms with Gasteiger partial charge in [-0.1, -0.05) is 0 Å². The number of rotatable bonds is 3. The molecule has 1 aromatic carbocycles. The molecule has 0 heterocycles. The monoisotopic (exact) mass is 229 g/mol. The van der Waals surface area contributed by atoms with E-state index in [-0.39, 0.29) is 5.56 Å². The molecule has 0 spiro atoms. The van der Waals surface area contributed by atoms with Crippen LogP contribution in [-0.4, -0.2) is 12.6 Å². The Labute approximate surface area is 94.4 Å². The first kappa shape index (κ1) is 12.9. The summed E-state index contributed by atoms with van der Waals surface area (Å²) < 4.78 is 32.8. The molecule has 2 N–H and O–H groups in total. The number of methoxy groups -OCH3 is 1. The molecule has 1 aromatic rings. The largest absolute Gasteiger partial charge is 0.496 e. The van der Waals surface area contributed by atoms with E-state index in [9.17, 15) is 8.78 Å². The van der Waals surface area contributed by atoms with E-state index in [2.05, 4.69) is 0 Å². The third-order valence-corrected chi connectivity index (χ3v) is 2.57. The summed E-state index contributed by atoms with van der Waals surface area (Å²) in [5.41, 5.74) is 4.48. The molecule has 0 bridgehead atoms. The highest BCUT2D eigenvalue weighted by Crippen LogP contribution is 2.38. The molecule has 16 heavy (non-hydrogen) atoms. The minimum atomic E-state index is -3.07. The van der Waals surface area contributed by atoms with Crippen LogP contribution in [0.15, 0.2) is 18.2 Å². The number of ether oxygens (including phenoxy) is 1. The number of hydrogen-bond acceptors (Lipinski definition) is 2. The van der Waals surface area contributed by atoms with Crippen LogP contribution in [0.1, 0.15) is 25.0 Å². The van der Waals surface area contributed by atoms with Gasteiger partial charge in [0.1, 0.15) is 5.75 Å². The van der Waals surface area contributed by atoms with Crippen LogP contribution in [0.2, 0.25) is 0 Å². The molecule has 0 aliphatic rings. The first-order chi connectivity index (χ1) is 7.20. The van der Waals surface area contributed by atoms with Crippen LogP contribution in [0.5, 0.6) is 5.75 Å². The maximum Gasteiger partial charge on any atom is 0.290 e. The summed E-state index contributed by atoms with van der Waals surface area (Å²) in [6.45, 7) is 4.35. The standard InChI is InChI=1S/C12H17F2NO/c1-8-7-9(5-6-10(8)16-4)12(13,14)11(2,3)15/h5-7H,15H2,1-4H3. The van der Waals surface area contributed by atoms with E-state index < -0.39 is 11.5 Å².